The molecule has 1 heterocycles. The van der Waals surface area contributed by atoms with E-state index in [1.165, 1.54) is 6.07 Å². The summed E-state index contributed by atoms with van der Waals surface area (Å²) in [6, 6.07) is 7.04. The summed E-state index contributed by atoms with van der Waals surface area (Å²) in [6.45, 7) is 0.376. The predicted molar refractivity (Wildman–Crippen MR) is 57.6 cm³/mol. The number of benzene rings is 1. The first-order valence-corrected chi connectivity index (χ1v) is 5.26. The van der Waals surface area contributed by atoms with E-state index in [9.17, 15) is 4.39 Å². The maximum absolute atomic E-state index is 13.5. The van der Waals surface area contributed by atoms with Gasteiger partial charge in [0.1, 0.15) is 5.82 Å². The summed E-state index contributed by atoms with van der Waals surface area (Å²) in [6.07, 6.45) is 0. The van der Waals surface area contributed by atoms with Crippen molar-refractivity contribution < 1.29 is 4.39 Å². The predicted octanol–water partition coefficient (Wildman–Crippen LogP) is 3.01. The van der Waals surface area contributed by atoms with Crippen molar-refractivity contribution in [2.24, 2.45) is 5.73 Å². The Morgan fingerprint density at radius 2 is 2.14 bits per heavy atom. The van der Waals surface area contributed by atoms with Gasteiger partial charge in [0, 0.05) is 12.1 Å². The summed E-state index contributed by atoms with van der Waals surface area (Å²) in [5.41, 5.74) is 7.81. The summed E-state index contributed by atoms with van der Waals surface area (Å²) in [4.78, 5) is 0. The van der Waals surface area contributed by atoms with Gasteiger partial charge in [0.05, 0.1) is 0 Å². The van der Waals surface area contributed by atoms with Gasteiger partial charge in [0.2, 0.25) is 0 Å². The summed E-state index contributed by atoms with van der Waals surface area (Å²) in [5, 5.41) is 3.87. The van der Waals surface area contributed by atoms with E-state index in [0.29, 0.717) is 12.1 Å². The Labute approximate surface area is 86.0 Å². The van der Waals surface area contributed by atoms with Crippen molar-refractivity contribution in [1.82, 2.24) is 0 Å². The van der Waals surface area contributed by atoms with Crippen LogP contribution in [0.5, 0.6) is 0 Å². The number of halogens is 1. The first kappa shape index (κ1) is 9.37. The van der Waals surface area contributed by atoms with Crippen LogP contribution in [0.25, 0.3) is 11.1 Å². The van der Waals surface area contributed by atoms with Gasteiger partial charge < -0.3 is 5.73 Å². The minimum Gasteiger partial charge on any atom is -0.326 e. The number of thiophene rings is 1. The molecular formula is C11H10FNS. The zero-order valence-electron chi connectivity index (χ0n) is 7.53. The second-order valence-electron chi connectivity index (χ2n) is 3.03. The van der Waals surface area contributed by atoms with Crippen LogP contribution in [0.15, 0.2) is 35.0 Å². The molecular weight excluding hydrogens is 197 g/mol. The third kappa shape index (κ3) is 1.69. The van der Waals surface area contributed by atoms with Crippen LogP contribution < -0.4 is 5.73 Å². The molecule has 1 nitrogen and oxygen atoms in total. The van der Waals surface area contributed by atoms with E-state index in [0.717, 1.165) is 11.1 Å². The molecule has 2 aromatic rings. The molecule has 0 atom stereocenters. The van der Waals surface area contributed by atoms with Gasteiger partial charge in [0.25, 0.3) is 0 Å². The molecule has 0 aliphatic carbocycles. The molecule has 0 aliphatic rings. The molecule has 0 fully saturated rings. The Kier molecular flexibility index (Phi) is 2.61. The van der Waals surface area contributed by atoms with Crippen molar-refractivity contribution in [3.05, 3.63) is 46.4 Å². The van der Waals surface area contributed by atoms with Gasteiger partial charge in [-0.05, 0) is 34.0 Å². The molecule has 0 spiro atoms. The molecule has 0 saturated carbocycles. The van der Waals surface area contributed by atoms with E-state index in [2.05, 4.69) is 0 Å². The fourth-order valence-corrected chi connectivity index (χ4v) is 1.99. The van der Waals surface area contributed by atoms with Gasteiger partial charge in [-0.3, -0.25) is 0 Å². The van der Waals surface area contributed by atoms with Crippen molar-refractivity contribution in [2.75, 3.05) is 0 Å². The zero-order chi connectivity index (χ0) is 9.97. The quantitative estimate of drug-likeness (QED) is 0.804. The van der Waals surface area contributed by atoms with Crippen molar-refractivity contribution in [2.45, 2.75) is 6.54 Å². The molecule has 14 heavy (non-hydrogen) atoms. The first-order valence-electron chi connectivity index (χ1n) is 4.32. The van der Waals surface area contributed by atoms with E-state index in [4.69, 9.17) is 5.73 Å². The summed E-state index contributed by atoms with van der Waals surface area (Å²) >= 11 is 1.56. The summed E-state index contributed by atoms with van der Waals surface area (Å²) in [5.74, 6) is -0.202. The van der Waals surface area contributed by atoms with Crippen molar-refractivity contribution in [1.29, 1.82) is 0 Å². The van der Waals surface area contributed by atoms with Gasteiger partial charge in [-0.1, -0.05) is 12.1 Å². The highest BCUT2D eigenvalue weighted by Crippen LogP contribution is 2.25. The molecule has 0 radical (unpaired) electrons. The molecule has 0 amide bonds. The molecule has 0 aliphatic heterocycles. The molecule has 1 aromatic heterocycles. The Balaban J connectivity index is 2.46. The van der Waals surface area contributed by atoms with Crippen molar-refractivity contribution in [3.8, 4) is 11.1 Å². The highest BCUT2D eigenvalue weighted by atomic mass is 32.1. The van der Waals surface area contributed by atoms with Crippen LogP contribution in [-0.4, -0.2) is 0 Å². The molecule has 0 bridgehead atoms. The monoisotopic (exact) mass is 207 g/mol. The fraction of sp³-hybridized carbons (Fsp3) is 0.0909. The Hall–Kier alpha value is -1.19. The second kappa shape index (κ2) is 3.90. The van der Waals surface area contributed by atoms with Crippen LogP contribution in [0.1, 0.15) is 5.56 Å². The van der Waals surface area contributed by atoms with Gasteiger partial charge in [0.15, 0.2) is 0 Å². The van der Waals surface area contributed by atoms with Gasteiger partial charge in [-0.25, -0.2) is 4.39 Å². The Morgan fingerprint density at radius 3 is 2.71 bits per heavy atom. The standard InChI is InChI=1S/C11H10FNS/c12-11-5-8(6-13)1-2-10(11)9-3-4-14-7-9/h1-5,7H,6,13H2. The van der Waals surface area contributed by atoms with Gasteiger partial charge >= 0.3 is 0 Å². The van der Waals surface area contributed by atoms with E-state index in [1.54, 1.807) is 17.4 Å². The minimum atomic E-state index is -0.202. The summed E-state index contributed by atoms with van der Waals surface area (Å²) < 4.78 is 13.5. The van der Waals surface area contributed by atoms with Crippen molar-refractivity contribution >= 4 is 11.3 Å². The van der Waals surface area contributed by atoms with Gasteiger partial charge in [-0.2, -0.15) is 11.3 Å². The lowest BCUT2D eigenvalue weighted by Crippen LogP contribution is -1.97. The smallest absolute Gasteiger partial charge is 0.131 e. The van der Waals surface area contributed by atoms with Gasteiger partial charge in [-0.15, -0.1) is 0 Å². The van der Waals surface area contributed by atoms with Crippen LogP contribution in [0.4, 0.5) is 4.39 Å². The largest absolute Gasteiger partial charge is 0.326 e. The molecule has 1 aromatic carbocycles. The van der Waals surface area contributed by atoms with E-state index in [1.807, 2.05) is 22.9 Å². The number of nitrogens with two attached hydrogens (primary N) is 1. The second-order valence-corrected chi connectivity index (χ2v) is 3.81. The Bertz CT molecular complexity index is 423. The average molecular weight is 207 g/mol. The normalized spacial score (nSPS) is 10.4. The van der Waals surface area contributed by atoms with Crippen LogP contribution in [0.2, 0.25) is 0 Å². The molecule has 2 rings (SSSR count). The number of rotatable bonds is 2. The lowest BCUT2D eigenvalue weighted by molar-refractivity contribution is 0.629. The van der Waals surface area contributed by atoms with Crippen molar-refractivity contribution in [3.63, 3.8) is 0 Å². The van der Waals surface area contributed by atoms with E-state index in [-0.39, 0.29) is 5.82 Å². The lowest BCUT2D eigenvalue weighted by atomic mass is 10.1. The third-order valence-corrected chi connectivity index (χ3v) is 2.78. The maximum Gasteiger partial charge on any atom is 0.131 e. The average Bonchev–Trinajstić information content (AvgIpc) is 2.70. The highest BCUT2D eigenvalue weighted by Gasteiger charge is 2.05. The molecule has 72 valence electrons. The maximum atomic E-state index is 13.5. The lowest BCUT2D eigenvalue weighted by Gasteiger charge is -2.02. The molecule has 3 heteroatoms. The highest BCUT2D eigenvalue weighted by molar-refractivity contribution is 7.08. The first-order chi connectivity index (χ1) is 6.81. The minimum absolute atomic E-state index is 0.202. The van der Waals surface area contributed by atoms with Crippen LogP contribution in [0.3, 0.4) is 0 Å². The zero-order valence-corrected chi connectivity index (χ0v) is 8.35. The summed E-state index contributed by atoms with van der Waals surface area (Å²) in [7, 11) is 0. The van der Waals surface area contributed by atoms with Crippen LogP contribution in [-0.2, 0) is 6.54 Å². The number of hydrogen-bond acceptors (Lipinski definition) is 2. The van der Waals surface area contributed by atoms with E-state index < -0.39 is 0 Å². The molecule has 2 N–H and O–H groups in total. The third-order valence-electron chi connectivity index (χ3n) is 2.10. The van der Waals surface area contributed by atoms with Crippen LogP contribution >= 0.6 is 11.3 Å². The topological polar surface area (TPSA) is 26.0 Å². The van der Waals surface area contributed by atoms with E-state index >= 15 is 0 Å². The fourth-order valence-electron chi connectivity index (χ4n) is 1.34. The molecule has 0 saturated heterocycles. The Morgan fingerprint density at radius 1 is 1.29 bits per heavy atom. The SMILES string of the molecule is NCc1ccc(-c2ccsc2)c(F)c1. The van der Waals surface area contributed by atoms with Crippen LogP contribution in [0, 0.1) is 5.82 Å². The molecule has 0 unspecified atom stereocenters. The number of hydrogen-bond donors (Lipinski definition) is 1.